The average Bonchev–Trinajstić information content (AvgIpc) is 3.11. The fourth-order valence-electron chi connectivity index (χ4n) is 4.26. The van der Waals surface area contributed by atoms with Crippen LogP contribution in [-0.2, 0) is 9.53 Å². The lowest BCUT2D eigenvalue weighted by Crippen LogP contribution is -2.41. The molecule has 4 heterocycles. The van der Waals surface area contributed by atoms with Gasteiger partial charge in [0.05, 0.1) is 5.52 Å². The number of hydrogen-bond acceptors (Lipinski definition) is 5. The molecule has 2 amide bonds. The highest BCUT2D eigenvalue weighted by atomic mass is 16.6. The van der Waals surface area contributed by atoms with E-state index in [1.54, 1.807) is 11.1 Å². The molecule has 0 aromatic carbocycles. The molecule has 0 unspecified atom stereocenters. The average molecular weight is 450 g/mol. The highest BCUT2D eigenvalue weighted by Crippen LogP contribution is 2.36. The number of pyridine rings is 2. The minimum Gasteiger partial charge on any atom is -0.444 e. The monoisotopic (exact) mass is 449 g/mol. The number of rotatable bonds is 3. The Morgan fingerprint density at radius 1 is 1.15 bits per heavy atom. The highest BCUT2D eigenvalue weighted by Gasteiger charge is 2.29. The quantitative estimate of drug-likeness (QED) is 0.620. The first-order chi connectivity index (χ1) is 15.6. The molecule has 8 nitrogen and oxygen atoms in total. The molecule has 1 fully saturated rings. The number of hydrogen-bond donors (Lipinski definition) is 1. The highest BCUT2D eigenvalue weighted by molar-refractivity contribution is 5.92. The van der Waals surface area contributed by atoms with Crippen molar-refractivity contribution >= 4 is 28.7 Å². The molecule has 0 atom stereocenters. The summed E-state index contributed by atoms with van der Waals surface area (Å²) in [4.78, 5) is 34.8. The van der Waals surface area contributed by atoms with E-state index in [2.05, 4.69) is 26.0 Å². The van der Waals surface area contributed by atoms with E-state index in [9.17, 15) is 9.59 Å². The molecule has 1 N–H and O–H groups in total. The summed E-state index contributed by atoms with van der Waals surface area (Å²) in [5.74, 6) is 1.44. The molecule has 33 heavy (non-hydrogen) atoms. The number of fused-ring (bicyclic) bond motifs is 1. The van der Waals surface area contributed by atoms with Crippen LogP contribution in [-0.4, -0.2) is 50.1 Å². The van der Waals surface area contributed by atoms with Crippen LogP contribution in [0.5, 0.6) is 0 Å². The lowest BCUT2D eigenvalue weighted by atomic mass is 9.89. The van der Waals surface area contributed by atoms with E-state index in [0.717, 1.165) is 35.1 Å². The largest absolute Gasteiger partial charge is 0.444 e. The summed E-state index contributed by atoms with van der Waals surface area (Å²) >= 11 is 0. The van der Waals surface area contributed by atoms with E-state index in [1.807, 2.05) is 52.1 Å². The standard InChI is InChI=1S/C25H31N5O3/c1-16-6-9-26-23(12-16)30-15-20(19-14-27-22(13-21(19)30)28-17(2)31)18-7-10-29(11-8-18)24(32)33-25(3,4)5/h6,9,12-15,18H,7-8,10-11H2,1-5H3,(H,27,28,31). The van der Waals surface area contributed by atoms with Crippen LogP contribution < -0.4 is 5.32 Å². The van der Waals surface area contributed by atoms with Crippen LogP contribution in [0.4, 0.5) is 10.6 Å². The molecule has 3 aromatic rings. The number of likely N-dealkylation sites (tertiary alicyclic amines) is 1. The van der Waals surface area contributed by atoms with Crippen LogP contribution in [0.15, 0.2) is 36.8 Å². The van der Waals surface area contributed by atoms with Crippen molar-refractivity contribution in [1.29, 1.82) is 0 Å². The summed E-state index contributed by atoms with van der Waals surface area (Å²) in [6.45, 7) is 10.4. The van der Waals surface area contributed by atoms with Crippen LogP contribution in [0.1, 0.15) is 57.6 Å². The van der Waals surface area contributed by atoms with Gasteiger partial charge in [0.25, 0.3) is 0 Å². The Morgan fingerprint density at radius 2 is 1.88 bits per heavy atom. The van der Waals surface area contributed by atoms with Crippen LogP contribution >= 0.6 is 0 Å². The lowest BCUT2D eigenvalue weighted by molar-refractivity contribution is -0.114. The van der Waals surface area contributed by atoms with Crippen molar-refractivity contribution in [2.45, 2.75) is 59.0 Å². The number of piperidine rings is 1. The third kappa shape index (κ3) is 5.16. The molecule has 0 spiro atoms. The smallest absolute Gasteiger partial charge is 0.410 e. The number of amides is 2. The molecule has 1 aliphatic heterocycles. The summed E-state index contributed by atoms with van der Waals surface area (Å²) in [7, 11) is 0. The fraction of sp³-hybridized carbons (Fsp3) is 0.440. The molecule has 0 saturated carbocycles. The van der Waals surface area contributed by atoms with Crippen LogP contribution in [0.2, 0.25) is 0 Å². The predicted molar refractivity (Wildman–Crippen MR) is 128 cm³/mol. The molecular weight excluding hydrogens is 418 g/mol. The zero-order valence-electron chi connectivity index (χ0n) is 19.9. The summed E-state index contributed by atoms with van der Waals surface area (Å²) in [5.41, 5.74) is 2.74. The van der Waals surface area contributed by atoms with Gasteiger partial charge in [-0.25, -0.2) is 14.8 Å². The van der Waals surface area contributed by atoms with E-state index >= 15 is 0 Å². The SMILES string of the molecule is CC(=O)Nc1cc2c(cn1)c(C1CCN(C(=O)OC(C)(C)C)CC1)cn2-c1cc(C)ccn1. The molecule has 0 bridgehead atoms. The fourth-order valence-corrected chi connectivity index (χ4v) is 4.26. The van der Waals surface area contributed by atoms with Crippen molar-refractivity contribution in [3.05, 3.63) is 47.9 Å². The van der Waals surface area contributed by atoms with E-state index in [-0.39, 0.29) is 17.9 Å². The molecule has 0 radical (unpaired) electrons. The second-order valence-corrected chi connectivity index (χ2v) is 9.66. The Labute approximate surface area is 194 Å². The van der Waals surface area contributed by atoms with Gasteiger partial charge in [-0.05, 0) is 69.7 Å². The van der Waals surface area contributed by atoms with Crippen LogP contribution in [0.25, 0.3) is 16.7 Å². The summed E-state index contributed by atoms with van der Waals surface area (Å²) in [5, 5.41) is 3.80. The van der Waals surface area contributed by atoms with Crippen molar-refractivity contribution < 1.29 is 14.3 Å². The van der Waals surface area contributed by atoms with E-state index in [1.165, 1.54) is 12.5 Å². The number of aryl methyl sites for hydroxylation is 1. The van der Waals surface area contributed by atoms with Crippen molar-refractivity contribution in [2.75, 3.05) is 18.4 Å². The van der Waals surface area contributed by atoms with Crippen molar-refractivity contribution in [2.24, 2.45) is 0 Å². The maximum Gasteiger partial charge on any atom is 0.410 e. The number of carbonyl (C=O) groups is 2. The number of nitrogens with one attached hydrogen (secondary N) is 1. The minimum atomic E-state index is -0.501. The van der Waals surface area contributed by atoms with Crippen LogP contribution in [0.3, 0.4) is 0 Å². The molecule has 8 heteroatoms. The second-order valence-electron chi connectivity index (χ2n) is 9.66. The molecular formula is C25H31N5O3. The summed E-state index contributed by atoms with van der Waals surface area (Å²) in [6, 6.07) is 5.89. The topological polar surface area (TPSA) is 89.4 Å². The van der Waals surface area contributed by atoms with Crippen LogP contribution in [0, 0.1) is 6.92 Å². The van der Waals surface area contributed by atoms with E-state index < -0.39 is 5.60 Å². The second kappa shape index (κ2) is 8.84. The maximum atomic E-state index is 12.5. The number of anilines is 1. The zero-order chi connectivity index (χ0) is 23.8. The number of aromatic nitrogens is 3. The van der Waals surface area contributed by atoms with Crippen molar-refractivity contribution in [1.82, 2.24) is 19.4 Å². The van der Waals surface area contributed by atoms with Gasteiger partial charge in [0.2, 0.25) is 5.91 Å². The van der Waals surface area contributed by atoms with Gasteiger partial charge in [0, 0.05) is 50.1 Å². The van der Waals surface area contributed by atoms with Gasteiger partial charge in [-0.2, -0.15) is 0 Å². The third-order valence-electron chi connectivity index (χ3n) is 5.76. The van der Waals surface area contributed by atoms with Gasteiger partial charge in [-0.15, -0.1) is 0 Å². The first-order valence-electron chi connectivity index (χ1n) is 11.3. The van der Waals surface area contributed by atoms with Gasteiger partial charge in [-0.3, -0.25) is 4.79 Å². The summed E-state index contributed by atoms with van der Waals surface area (Å²) < 4.78 is 7.60. The normalized spacial score (nSPS) is 15.0. The molecule has 3 aromatic heterocycles. The Kier molecular flexibility index (Phi) is 6.10. The van der Waals surface area contributed by atoms with Crippen molar-refractivity contribution in [3.63, 3.8) is 0 Å². The Bertz CT molecular complexity index is 1190. The molecule has 1 saturated heterocycles. The number of nitrogens with zero attached hydrogens (tertiary/aromatic N) is 4. The number of ether oxygens (including phenoxy) is 1. The number of carbonyl (C=O) groups excluding carboxylic acids is 2. The van der Waals surface area contributed by atoms with Gasteiger partial charge in [0.1, 0.15) is 17.2 Å². The predicted octanol–water partition coefficient (Wildman–Crippen LogP) is 4.80. The third-order valence-corrected chi connectivity index (χ3v) is 5.76. The Balaban J connectivity index is 1.66. The molecule has 1 aliphatic rings. The van der Waals surface area contributed by atoms with Gasteiger partial charge < -0.3 is 19.5 Å². The molecule has 174 valence electrons. The first kappa shape index (κ1) is 22.8. The first-order valence-corrected chi connectivity index (χ1v) is 11.3. The van der Waals surface area contributed by atoms with E-state index in [0.29, 0.717) is 18.9 Å². The zero-order valence-corrected chi connectivity index (χ0v) is 19.9. The maximum absolute atomic E-state index is 12.5. The molecule has 4 rings (SSSR count). The minimum absolute atomic E-state index is 0.164. The van der Waals surface area contributed by atoms with E-state index in [4.69, 9.17) is 4.74 Å². The van der Waals surface area contributed by atoms with Gasteiger partial charge in [0.15, 0.2) is 0 Å². The Hall–Kier alpha value is -3.42. The molecule has 0 aliphatic carbocycles. The lowest BCUT2D eigenvalue weighted by Gasteiger charge is -2.33. The Morgan fingerprint density at radius 3 is 2.52 bits per heavy atom. The van der Waals surface area contributed by atoms with Gasteiger partial charge in [-0.1, -0.05) is 0 Å². The summed E-state index contributed by atoms with van der Waals surface area (Å²) in [6.07, 6.45) is 7.17. The van der Waals surface area contributed by atoms with Crippen molar-refractivity contribution in [3.8, 4) is 5.82 Å². The van der Waals surface area contributed by atoms with Gasteiger partial charge >= 0.3 is 6.09 Å².